The molecule has 0 radical (unpaired) electrons. The maximum Gasteiger partial charge on any atom is 0.226 e. The molecule has 7 heteroatoms. The van der Waals surface area contributed by atoms with Crippen molar-refractivity contribution in [3.05, 3.63) is 6.33 Å². The Balaban J connectivity index is 2.21. The molecular formula is C12H20N6S. The van der Waals surface area contributed by atoms with Crippen molar-refractivity contribution in [2.45, 2.75) is 26.8 Å². The number of hydrogen-bond donors (Lipinski definition) is 3. The van der Waals surface area contributed by atoms with E-state index in [0.29, 0.717) is 17.6 Å². The van der Waals surface area contributed by atoms with Crippen molar-refractivity contribution in [2.75, 3.05) is 28.7 Å². The van der Waals surface area contributed by atoms with Crippen LogP contribution in [0.3, 0.4) is 0 Å². The molecule has 0 spiro atoms. The van der Waals surface area contributed by atoms with Gasteiger partial charge in [-0.2, -0.15) is 21.7 Å². The van der Waals surface area contributed by atoms with Gasteiger partial charge in [0.25, 0.3) is 0 Å². The molecule has 0 amide bonds. The molecule has 2 heterocycles. The molecule has 0 aromatic carbocycles. The van der Waals surface area contributed by atoms with Crippen LogP contribution in [0.1, 0.15) is 20.8 Å². The Morgan fingerprint density at radius 1 is 1.37 bits per heavy atom. The summed E-state index contributed by atoms with van der Waals surface area (Å²) in [6.07, 6.45) is 1.64. The molecule has 1 unspecified atom stereocenters. The normalized spacial score (nSPS) is 12.6. The van der Waals surface area contributed by atoms with Crippen molar-refractivity contribution in [3.63, 3.8) is 0 Å². The summed E-state index contributed by atoms with van der Waals surface area (Å²) >= 11 is 1.91. The number of thioether (sulfide) groups is 1. The fraction of sp³-hybridized carbons (Fsp3) is 0.583. The second-order valence-corrected chi connectivity index (χ2v) is 5.55. The number of aromatic nitrogens is 4. The number of anilines is 2. The summed E-state index contributed by atoms with van der Waals surface area (Å²) in [4.78, 5) is 16.1. The van der Waals surface area contributed by atoms with Gasteiger partial charge in [-0.05, 0) is 19.6 Å². The predicted octanol–water partition coefficient (Wildman–Crippen LogP) is 2.34. The number of fused-ring (bicyclic) bond motifs is 1. The Hall–Kier alpha value is -1.50. The van der Waals surface area contributed by atoms with E-state index in [1.54, 1.807) is 6.33 Å². The first-order valence-corrected chi connectivity index (χ1v) is 7.69. The fourth-order valence-corrected chi connectivity index (χ4v) is 2.42. The summed E-state index contributed by atoms with van der Waals surface area (Å²) in [5.74, 6) is 3.59. The highest BCUT2D eigenvalue weighted by Gasteiger charge is 2.11. The summed E-state index contributed by atoms with van der Waals surface area (Å²) in [6.45, 7) is 7.13. The van der Waals surface area contributed by atoms with E-state index in [-0.39, 0.29) is 0 Å². The topological polar surface area (TPSA) is 78.5 Å². The van der Waals surface area contributed by atoms with Crippen LogP contribution in [0.2, 0.25) is 0 Å². The highest BCUT2D eigenvalue weighted by atomic mass is 32.2. The van der Waals surface area contributed by atoms with Gasteiger partial charge in [0.1, 0.15) is 5.52 Å². The first-order chi connectivity index (χ1) is 9.24. The maximum atomic E-state index is 4.50. The first-order valence-electron chi connectivity index (χ1n) is 6.53. The number of rotatable bonds is 7. The third-order valence-corrected chi connectivity index (χ3v) is 3.72. The van der Waals surface area contributed by atoms with Gasteiger partial charge in [-0.3, -0.25) is 0 Å². The Labute approximate surface area is 117 Å². The molecule has 0 fully saturated rings. The van der Waals surface area contributed by atoms with Crippen molar-refractivity contribution < 1.29 is 0 Å². The van der Waals surface area contributed by atoms with E-state index in [4.69, 9.17) is 0 Å². The molecule has 2 aromatic rings. The third-order valence-electron chi connectivity index (χ3n) is 2.58. The second kappa shape index (κ2) is 6.60. The largest absolute Gasteiger partial charge is 0.365 e. The van der Waals surface area contributed by atoms with E-state index in [1.165, 1.54) is 0 Å². The standard InChI is InChI=1S/C12H20N6S/c1-4-13-12-17-10-9(14-7-15-10)11(18-12)16-8(3)6-19-5-2/h7-8H,4-6H2,1-3H3,(H3,13,14,15,16,17,18). The fourth-order valence-electron chi connectivity index (χ4n) is 1.74. The summed E-state index contributed by atoms with van der Waals surface area (Å²) < 4.78 is 0. The average Bonchev–Trinajstić information content (AvgIpc) is 2.85. The quantitative estimate of drug-likeness (QED) is 0.722. The van der Waals surface area contributed by atoms with Crippen LogP contribution in [0, 0.1) is 0 Å². The van der Waals surface area contributed by atoms with Gasteiger partial charge in [0, 0.05) is 18.3 Å². The minimum absolute atomic E-state index is 0.348. The lowest BCUT2D eigenvalue weighted by Gasteiger charge is -2.14. The van der Waals surface area contributed by atoms with E-state index in [9.17, 15) is 0 Å². The van der Waals surface area contributed by atoms with E-state index < -0.39 is 0 Å². The molecule has 0 aliphatic rings. The van der Waals surface area contributed by atoms with Gasteiger partial charge in [-0.15, -0.1) is 0 Å². The number of nitrogens with one attached hydrogen (secondary N) is 3. The number of imidazole rings is 1. The monoisotopic (exact) mass is 280 g/mol. The van der Waals surface area contributed by atoms with Gasteiger partial charge < -0.3 is 15.6 Å². The van der Waals surface area contributed by atoms with E-state index >= 15 is 0 Å². The number of H-pyrrole nitrogens is 1. The van der Waals surface area contributed by atoms with Crippen LogP contribution < -0.4 is 10.6 Å². The highest BCUT2D eigenvalue weighted by molar-refractivity contribution is 7.99. The molecule has 6 nitrogen and oxygen atoms in total. The molecule has 0 saturated carbocycles. The lowest BCUT2D eigenvalue weighted by molar-refractivity contribution is 0.902. The third kappa shape index (κ3) is 3.50. The predicted molar refractivity (Wildman–Crippen MR) is 81.9 cm³/mol. The molecule has 2 rings (SSSR count). The number of hydrogen-bond acceptors (Lipinski definition) is 6. The van der Waals surface area contributed by atoms with Gasteiger partial charge in [0.2, 0.25) is 5.95 Å². The van der Waals surface area contributed by atoms with Crippen molar-refractivity contribution in [1.82, 2.24) is 19.9 Å². The molecular weight excluding hydrogens is 260 g/mol. The first kappa shape index (κ1) is 13.9. The Bertz CT molecular complexity index is 526. The molecule has 1 atom stereocenters. The molecule has 3 N–H and O–H groups in total. The van der Waals surface area contributed by atoms with Crippen molar-refractivity contribution in [1.29, 1.82) is 0 Å². The lowest BCUT2D eigenvalue weighted by atomic mass is 10.3. The molecule has 0 aliphatic heterocycles. The molecule has 0 bridgehead atoms. The molecule has 2 aromatic heterocycles. The number of nitrogens with zero attached hydrogens (tertiary/aromatic N) is 3. The van der Waals surface area contributed by atoms with Crippen LogP contribution in [-0.2, 0) is 0 Å². The summed E-state index contributed by atoms with van der Waals surface area (Å²) in [5, 5.41) is 6.55. The molecule has 19 heavy (non-hydrogen) atoms. The van der Waals surface area contributed by atoms with Crippen molar-refractivity contribution in [3.8, 4) is 0 Å². The average molecular weight is 280 g/mol. The Morgan fingerprint density at radius 2 is 2.21 bits per heavy atom. The zero-order chi connectivity index (χ0) is 13.7. The van der Waals surface area contributed by atoms with Crippen molar-refractivity contribution in [2.24, 2.45) is 0 Å². The van der Waals surface area contributed by atoms with Gasteiger partial charge in [-0.25, -0.2) is 4.98 Å². The number of aromatic amines is 1. The smallest absolute Gasteiger partial charge is 0.226 e. The zero-order valence-electron chi connectivity index (χ0n) is 11.5. The van der Waals surface area contributed by atoms with Crippen LogP contribution in [0.25, 0.3) is 11.2 Å². The van der Waals surface area contributed by atoms with Gasteiger partial charge >= 0.3 is 0 Å². The van der Waals surface area contributed by atoms with Crippen molar-refractivity contribution >= 4 is 34.7 Å². The molecule has 0 aliphatic carbocycles. The minimum Gasteiger partial charge on any atom is -0.365 e. The Kier molecular flexibility index (Phi) is 4.84. The van der Waals surface area contributed by atoms with Gasteiger partial charge in [0.05, 0.1) is 6.33 Å². The molecule has 0 saturated heterocycles. The van der Waals surface area contributed by atoms with Gasteiger partial charge in [0.15, 0.2) is 11.5 Å². The second-order valence-electron chi connectivity index (χ2n) is 4.23. The zero-order valence-corrected chi connectivity index (χ0v) is 12.3. The maximum absolute atomic E-state index is 4.50. The van der Waals surface area contributed by atoms with Gasteiger partial charge in [-0.1, -0.05) is 6.92 Å². The van der Waals surface area contributed by atoms with E-state index in [2.05, 4.69) is 44.4 Å². The lowest BCUT2D eigenvalue weighted by Crippen LogP contribution is -2.20. The van der Waals surface area contributed by atoms with Crippen LogP contribution >= 0.6 is 11.8 Å². The van der Waals surface area contributed by atoms with E-state index in [0.717, 1.165) is 29.4 Å². The van der Waals surface area contributed by atoms with Crippen LogP contribution in [-0.4, -0.2) is 44.0 Å². The van der Waals surface area contributed by atoms with Crippen LogP contribution in [0.5, 0.6) is 0 Å². The summed E-state index contributed by atoms with van der Waals surface area (Å²) in [7, 11) is 0. The summed E-state index contributed by atoms with van der Waals surface area (Å²) in [5.41, 5.74) is 1.54. The summed E-state index contributed by atoms with van der Waals surface area (Å²) in [6, 6.07) is 0.348. The van der Waals surface area contributed by atoms with E-state index in [1.807, 2.05) is 18.7 Å². The minimum atomic E-state index is 0.348. The highest BCUT2D eigenvalue weighted by Crippen LogP contribution is 2.20. The SMILES string of the molecule is CCNc1nc(NC(C)CSCC)c2[nH]cnc2n1. The Morgan fingerprint density at radius 3 is 2.95 bits per heavy atom. The molecule has 104 valence electrons. The van der Waals surface area contributed by atoms with Crippen LogP contribution in [0.4, 0.5) is 11.8 Å². The van der Waals surface area contributed by atoms with Crippen LogP contribution in [0.15, 0.2) is 6.33 Å².